The molecule has 130 valence electrons. The average Bonchev–Trinajstić information content (AvgIpc) is 3.10. The van der Waals surface area contributed by atoms with Crippen molar-refractivity contribution in [2.24, 2.45) is 0 Å². The third kappa shape index (κ3) is 3.39. The first-order valence-corrected chi connectivity index (χ1v) is 9.27. The van der Waals surface area contributed by atoms with Crippen molar-refractivity contribution in [3.05, 3.63) is 52.8 Å². The number of carbonyl (C=O) groups excluding carboxylic acids is 1. The van der Waals surface area contributed by atoms with Crippen LogP contribution in [0, 0.1) is 0 Å². The van der Waals surface area contributed by atoms with Gasteiger partial charge in [0.1, 0.15) is 5.75 Å². The topological polar surface area (TPSA) is 51.2 Å². The minimum absolute atomic E-state index is 0.112. The largest absolute Gasteiger partial charge is 0.481 e. The predicted molar refractivity (Wildman–Crippen MR) is 98.1 cm³/mol. The van der Waals surface area contributed by atoms with Gasteiger partial charge in [0, 0.05) is 17.6 Å². The van der Waals surface area contributed by atoms with Gasteiger partial charge in [0.2, 0.25) is 0 Å². The fraction of sp³-hybridized carbons (Fsp3) is 0.429. The highest BCUT2D eigenvalue weighted by Gasteiger charge is 2.20. The van der Waals surface area contributed by atoms with E-state index in [1.165, 1.54) is 29.5 Å². The molecule has 1 amide bonds. The van der Waals surface area contributed by atoms with Gasteiger partial charge in [-0.25, -0.2) is 0 Å². The van der Waals surface area contributed by atoms with Gasteiger partial charge in [0.25, 0.3) is 5.91 Å². The molecule has 1 N–H and O–H groups in total. The third-order valence-electron chi connectivity index (χ3n) is 5.25. The summed E-state index contributed by atoms with van der Waals surface area (Å²) in [6.07, 6.45) is 9.03. The molecule has 2 aliphatic rings. The number of pyridine rings is 1. The van der Waals surface area contributed by atoms with Crippen LogP contribution in [0.25, 0.3) is 0 Å². The summed E-state index contributed by atoms with van der Waals surface area (Å²) >= 11 is 0. The van der Waals surface area contributed by atoms with Crippen LogP contribution >= 0.6 is 0 Å². The van der Waals surface area contributed by atoms with Gasteiger partial charge >= 0.3 is 0 Å². The number of ether oxygens (including phenoxy) is 1. The van der Waals surface area contributed by atoms with Crippen molar-refractivity contribution in [3.63, 3.8) is 0 Å². The molecule has 25 heavy (non-hydrogen) atoms. The molecule has 1 aromatic carbocycles. The summed E-state index contributed by atoms with van der Waals surface area (Å²) in [5, 5.41) is 3.04. The van der Waals surface area contributed by atoms with Crippen LogP contribution in [-0.2, 0) is 30.5 Å². The van der Waals surface area contributed by atoms with Crippen LogP contribution in [0.3, 0.4) is 0 Å². The Morgan fingerprint density at radius 2 is 1.92 bits per heavy atom. The number of anilines is 1. The first kappa shape index (κ1) is 16.1. The molecule has 0 fully saturated rings. The first-order valence-electron chi connectivity index (χ1n) is 9.27. The summed E-state index contributed by atoms with van der Waals surface area (Å²) < 4.78 is 5.89. The summed E-state index contributed by atoms with van der Waals surface area (Å²) in [5.41, 5.74) is 5.96. The van der Waals surface area contributed by atoms with E-state index in [0.29, 0.717) is 0 Å². The average molecular weight is 336 g/mol. The van der Waals surface area contributed by atoms with E-state index >= 15 is 0 Å². The zero-order valence-electron chi connectivity index (χ0n) is 14.7. The van der Waals surface area contributed by atoms with Gasteiger partial charge in [-0.3, -0.25) is 9.78 Å². The number of fused-ring (bicyclic) bond motifs is 2. The lowest BCUT2D eigenvalue weighted by molar-refractivity contribution is -0.122. The van der Waals surface area contributed by atoms with Crippen molar-refractivity contribution >= 4 is 11.6 Å². The Balaban J connectivity index is 1.44. The summed E-state index contributed by atoms with van der Waals surface area (Å²) in [7, 11) is 0. The van der Waals surface area contributed by atoms with E-state index in [2.05, 4.69) is 22.4 Å². The molecule has 1 atom stereocenters. The summed E-state index contributed by atoms with van der Waals surface area (Å²) in [6, 6.07) is 8.08. The number of hydrogen-bond donors (Lipinski definition) is 1. The molecule has 1 heterocycles. The Labute approximate surface area is 148 Å². The van der Waals surface area contributed by atoms with E-state index < -0.39 is 6.10 Å². The molecule has 0 spiro atoms. The number of aromatic nitrogens is 1. The quantitative estimate of drug-likeness (QED) is 0.922. The van der Waals surface area contributed by atoms with Gasteiger partial charge in [0.05, 0.1) is 0 Å². The highest BCUT2D eigenvalue weighted by Crippen LogP contribution is 2.28. The van der Waals surface area contributed by atoms with Gasteiger partial charge in [-0.05, 0) is 86.8 Å². The Hall–Kier alpha value is -2.36. The number of benzene rings is 1. The standard InChI is InChI=1S/C21H24N2O2/c1-14(25-17-10-9-15-5-4-6-16(15)13-17)21(24)23-20-11-12-22-19-8-3-2-7-18(19)20/h9-14H,2-8H2,1H3,(H,22,23,24). The molecule has 2 aromatic rings. The number of amides is 1. The number of aryl methyl sites for hydroxylation is 3. The van der Waals surface area contributed by atoms with Gasteiger partial charge in [-0.2, -0.15) is 0 Å². The molecule has 0 saturated carbocycles. The minimum atomic E-state index is -0.535. The van der Waals surface area contributed by atoms with Crippen molar-refractivity contribution in [1.82, 2.24) is 4.98 Å². The monoisotopic (exact) mass is 336 g/mol. The molecule has 0 saturated heterocycles. The molecule has 4 nitrogen and oxygen atoms in total. The van der Waals surface area contributed by atoms with Crippen LogP contribution in [0.2, 0.25) is 0 Å². The molecule has 1 unspecified atom stereocenters. The van der Waals surface area contributed by atoms with E-state index in [1.54, 1.807) is 13.1 Å². The lowest BCUT2D eigenvalue weighted by Crippen LogP contribution is -2.30. The first-order chi connectivity index (χ1) is 12.2. The fourth-order valence-corrected chi connectivity index (χ4v) is 3.85. The second-order valence-corrected chi connectivity index (χ2v) is 7.02. The van der Waals surface area contributed by atoms with E-state index in [1.807, 2.05) is 12.1 Å². The molecule has 2 aliphatic carbocycles. The molecule has 0 bridgehead atoms. The lowest BCUT2D eigenvalue weighted by atomic mass is 9.95. The SMILES string of the molecule is CC(Oc1ccc2c(c1)CCC2)C(=O)Nc1ccnc2c1CCCC2. The maximum Gasteiger partial charge on any atom is 0.265 e. The number of nitrogens with one attached hydrogen (secondary N) is 1. The Bertz CT molecular complexity index is 800. The Morgan fingerprint density at radius 3 is 2.84 bits per heavy atom. The molecular weight excluding hydrogens is 312 g/mol. The van der Waals surface area contributed by atoms with Crippen LogP contribution in [0.15, 0.2) is 30.5 Å². The van der Waals surface area contributed by atoms with Gasteiger partial charge < -0.3 is 10.1 Å². The van der Waals surface area contributed by atoms with Crippen LogP contribution in [0.1, 0.15) is 48.6 Å². The van der Waals surface area contributed by atoms with Crippen molar-refractivity contribution in [3.8, 4) is 5.75 Å². The number of nitrogens with zero attached hydrogens (tertiary/aromatic N) is 1. The molecular formula is C21H24N2O2. The smallest absolute Gasteiger partial charge is 0.265 e. The second-order valence-electron chi connectivity index (χ2n) is 7.02. The van der Waals surface area contributed by atoms with Crippen molar-refractivity contribution in [2.75, 3.05) is 5.32 Å². The molecule has 4 heteroatoms. The number of carbonyl (C=O) groups is 1. The third-order valence-corrected chi connectivity index (χ3v) is 5.25. The summed E-state index contributed by atoms with van der Waals surface area (Å²) in [6.45, 7) is 1.80. The van der Waals surface area contributed by atoms with Crippen LogP contribution < -0.4 is 10.1 Å². The Kier molecular flexibility index (Phi) is 4.43. The zero-order valence-corrected chi connectivity index (χ0v) is 14.7. The van der Waals surface area contributed by atoms with Crippen molar-refractivity contribution in [1.29, 1.82) is 0 Å². The van der Waals surface area contributed by atoms with E-state index in [-0.39, 0.29) is 5.91 Å². The van der Waals surface area contributed by atoms with Gasteiger partial charge in [-0.1, -0.05) is 6.07 Å². The highest BCUT2D eigenvalue weighted by atomic mass is 16.5. The van der Waals surface area contributed by atoms with Gasteiger partial charge in [0.15, 0.2) is 6.10 Å². The predicted octanol–water partition coefficient (Wildman–Crippen LogP) is 3.86. The lowest BCUT2D eigenvalue weighted by Gasteiger charge is -2.20. The minimum Gasteiger partial charge on any atom is -0.481 e. The normalized spacial score (nSPS) is 16.7. The van der Waals surface area contributed by atoms with Crippen molar-refractivity contribution in [2.45, 2.75) is 58.0 Å². The van der Waals surface area contributed by atoms with Crippen LogP contribution in [0.4, 0.5) is 5.69 Å². The van der Waals surface area contributed by atoms with E-state index in [0.717, 1.165) is 49.2 Å². The van der Waals surface area contributed by atoms with Crippen LogP contribution in [0.5, 0.6) is 5.75 Å². The summed E-state index contributed by atoms with van der Waals surface area (Å²) in [5.74, 6) is 0.666. The molecule has 4 rings (SSSR count). The second kappa shape index (κ2) is 6.87. The van der Waals surface area contributed by atoms with Crippen LogP contribution in [-0.4, -0.2) is 17.0 Å². The zero-order chi connectivity index (χ0) is 17.2. The van der Waals surface area contributed by atoms with Crippen molar-refractivity contribution < 1.29 is 9.53 Å². The number of hydrogen-bond acceptors (Lipinski definition) is 3. The maximum absolute atomic E-state index is 12.6. The summed E-state index contributed by atoms with van der Waals surface area (Å²) in [4.78, 5) is 17.0. The molecule has 0 aliphatic heterocycles. The maximum atomic E-state index is 12.6. The van der Waals surface area contributed by atoms with E-state index in [4.69, 9.17) is 4.74 Å². The molecule has 0 radical (unpaired) electrons. The van der Waals surface area contributed by atoms with Gasteiger partial charge in [-0.15, -0.1) is 0 Å². The molecule has 1 aromatic heterocycles. The van der Waals surface area contributed by atoms with E-state index in [9.17, 15) is 4.79 Å². The number of rotatable bonds is 4. The highest BCUT2D eigenvalue weighted by molar-refractivity contribution is 5.94. The fourth-order valence-electron chi connectivity index (χ4n) is 3.85. The Morgan fingerprint density at radius 1 is 1.08 bits per heavy atom.